The van der Waals surface area contributed by atoms with Gasteiger partial charge >= 0.3 is 0 Å². The highest BCUT2D eigenvalue weighted by atomic mass is 16.5. The molecular weight excluding hydrogens is 318 g/mol. The number of aromatic amines is 1. The number of H-pyrrole nitrogens is 1. The normalized spacial score (nSPS) is 11.0. The van der Waals surface area contributed by atoms with Gasteiger partial charge in [0, 0.05) is 16.6 Å². The highest BCUT2D eigenvalue weighted by Gasteiger charge is 2.09. The van der Waals surface area contributed by atoms with Crippen LogP contribution >= 0.6 is 0 Å². The second-order valence-corrected chi connectivity index (χ2v) is 5.41. The van der Waals surface area contributed by atoms with Gasteiger partial charge in [-0.1, -0.05) is 18.2 Å². The van der Waals surface area contributed by atoms with Crippen molar-refractivity contribution >= 4 is 22.8 Å². The van der Waals surface area contributed by atoms with Gasteiger partial charge in [-0.15, -0.1) is 0 Å². The summed E-state index contributed by atoms with van der Waals surface area (Å²) in [6.45, 7) is 0. The lowest BCUT2D eigenvalue weighted by Crippen LogP contribution is -2.09. The molecule has 0 radical (unpaired) electrons. The fraction of sp³-hybridized carbons (Fsp3) is 0.100. The highest BCUT2D eigenvalue weighted by molar-refractivity contribution is 6.07. The molecule has 0 atom stereocenters. The van der Waals surface area contributed by atoms with Gasteiger partial charge in [0.05, 0.1) is 14.2 Å². The van der Waals surface area contributed by atoms with Gasteiger partial charge in [-0.05, 0) is 47.9 Å². The van der Waals surface area contributed by atoms with Crippen LogP contribution in [0.5, 0.6) is 11.5 Å². The molecule has 25 heavy (non-hydrogen) atoms. The smallest absolute Gasteiger partial charge is 0.255 e. The van der Waals surface area contributed by atoms with Crippen LogP contribution in [0, 0.1) is 0 Å². The monoisotopic (exact) mass is 335 g/mol. The van der Waals surface area contributed by atoms with Crippen LogP contribution < -0.4 is 15.0 Å². The average molecular weight is 335 g/mol. The van der Waals surface area contributed by atoms with Crippen molar-refractivity contribution in [1.82, 2.24) is 4.98 Å². The molecule has 0 unspecified atom stereocenters. The Bertz CT molecular complexity index is 1020. The zero-order valence-electron chi connectivity index (χ0n) is 13.9. The van der Waals surface area contributed by atoms with E-state index < -0.39 is 0 Å². The second kappa shape index (κ2) is 7.05. The van der Waals surface area contributed by atoms with E-state index in [0.29, 0.717) is 22.6 Å². The fourth-order valence-corrected chi connectivity index (χ4v) is 2.54. The molecule has 0 fully saturated rings. The first kappa shape index (κ1) is 16.5. The van der Waals surface area contributed by atoms with Gasteiger partial charge in [0.2, 0.25) is 0 Å². The Balaban J connectivity index is 1.90. The number of carbonyl (C=O) groups is 1. The molecular formula is C20H17NO4. The number of fused-ring (bicyclic) bond motifs is 1. The Morgan fingerprint density at radius 3 is 2.52 bits per heavy atom. The van der Waals surface area contributed by atoms with E-state index >= 15 is 0 Å². The predicted molar refractivity (Wildman–Crippen MR) is 97.5 cm³/mol. The molecule has 0 aliphatic carbocycles. The Labute approximate surface area is 144 Å². The van der Waals surface area contributed by atoms with Gasteiger partial charge in [0.15, 0.2) is 17.3 Å². The van der Waals surface area contributed by atoms with Crippen LogP contribution in [0.2, 0.25) is 0 Å². The summed E-state index contributed by atoms with van der Waals surface area (Å²) in [6.07, 6.45) is 2.89. The third kappa shape index (κ3) is 3.45. The second-order valence-electron chi connectivity index (χ2n) is 5.41. The van der Waals surface area contributed by atoms with Crippen LogP contribution in [-0.2, 0) is 0 Å². The number of para-hydroxylation sites is 1. The number of rotatable bonds is 5. The molecule has 5 heteroatoms. The summed E-state index contributed by atoms with van der Waals surface area (Å²) < 4.78 is 10.4. The first-order chi connectivity index (χ1) is 12.1. The number of carbonyl (C=O) groups excluding carboxylic acids is 1. The molecule has 0 saturated heterocycles. The standard InChI is InChI=1S/C20H17NO4/c1-24-18-10-8-14(12-19(18)25-2)17(22)9-7-15-11-13-5-3-4-6-16(13)21-20(15)23/h3-12H,1-2H3,(H,21,23)/b9-7-. The van der Waals surface area contributed by atoms with Gasteiger partial charge in [-0.25, -0.2) is 0 Å². The molecule has 3 aromatic rings. The molecule has 2 aromatic carbocycles. The largest absolute Gasteiger partial charge is 0.493 e. The summed E-state index contributed by atoms with van der Waals surface area (Å²) in [5.74, 6) is 0.799. The number of pyridine rings is 1. The van der Waals surface area contributed by atoms with E-state index in [1.807, 2.05) is 24.3 Å². The number of aromatic nitrogens is 1. The van der Waals surface area contributed by atoms with Crippen molar-refractivity contribution in [2.75, 3.05) is 14.2 Å². The van der Waals surface area contributed by atoms with Crippen LogP contribution in [0.1, 0.15) is 15.9 Å². The summed E-state index contributed by atoms with van der Waals surface area (Å²) in [7, 11) is 3.04. The van der Waals surface area contributed by atoms with Gasteiger partial charge in [0.25, 0.3) is 5.56 Å². The van der Waals surface area contributed by atoms with Crippen molar-refractivity contribution in [2.45, 2.75) is 0 Å². The number of ketones is 1. The number of hydrogen-bond acceptors (Lipinski definition) is 4. The van der Waals surface area contributed by atoms with Gasteiger partial charge < -0.3 is 14.5 Å². The molecule has 3 rings (SSSR count). The van der Waals surface area contributed by atoms with E-state index in [9.17, 15) is 9.59 Å². The summed E-state index contributed by atoms with van der Waals surface area (Å²) in [6, 6.07) is 14.2. The quantitative estimate of drug-likeness (QED) is 0.573. The maximum absolute atomic E-state index is 12.4. The number of methoxy groups -OCH3 is 2. The lowest BCUT2D eigenvalue weighted by molar-refractivity contribution is 0.104. The molecule has 0 amide bonds. The molecule has 0 spiro atoms. The molecule has 0 aliphatic rings. The number of nitrogens with one attached hydrogen (secondary N) is 1. The summed E-state index contributed by atoms with van der Waals surface area (Å²) >= 11 is 0. The van der Waals surface area contributed by atoms with Crippen LogP contribution in [0.25, 0.3) is 17.0 Å². The van der Waals surface area contributed by atoms with E-state index in [0.717, 1.165) is 10.9 Å². The molecule has 1 heterocycles. The van der Waals surface area contributed by atoms with Gasteiger partial charge in [-0.3, -0.25) is 9.59 Å². The minimum absolute atomic E-state index is 0.228. The Hall–Kier alpha value is -3.34. The fourth-order valence-electron chi connectivity index (χ4n) is 2.54. The molecule has 5 nitrogen and oxygen atoms in total. The minimum atomic E-state index is -0.241. The van der Waals surface area contributed by atoms with Crippen molar-refractivity contribution in [2.24, 2.45) is 0 Å². The summed E-state index contributed by atoms with van der Waals surface area (Å²) in [5, 5.41) is 0.903. The van der Waals surface area contributed by atoms with Crippen LogP contribution in [0.15, 0.2) is 59.4 Å². The van der Waals surface area contributed by atoms with Crippen molar-refractivity contribution in [3.05, 3.63) is 76.1 Å². The average Bonchev–Trinajstić information content (AvgIpc) is 2.65. The third-order valence-corrected chi connectivity index (χ3v) is 3.86. The molecule has 1 aromatic heterocycles. The Kier molecular flexibility index (Phi) is 4.66. The lowest BCUT2D eigenvalue weighted by Gasteiger charge is -2.08. The molecule has 1 N–H and O–H groups in total. The maximum Gasteiger partial charge on any atom is 0.255 e. The minimum Gasteiger partial charge on any atom is -0.493 e. The number of hydrogen-bond donors (Lipinski definition) is 1. The van der Waals surface area contributed by atoms with E-state index in [2.05, 4.69) is 4.98 Å². The summed E-state index contributed by atoms with van der Waals surface area (Å²) in [5.41, 5.74) is 1.39. The van der Waals surface area contributed by atoms with Crippen molar-refractivity contribution in [3.63, 3.8) is 0 Å². The Morgan fingerprint density at radius 2 is 1.76 bits per heavy atom. The van der Waals surface area contributed by atoms with E-state index in [1.54, 1.807) is 24.3 Å². The first-order valence-electron chi connectivity index (χ1n) is 7.69. The van der Waals surface area contributed by atoms with Gasteiger partial charge in [-0.2, -0.15) is 0 Å². The number of allylic oxidation sites excluding steroid dienone is 1. The van der Waals surface area contributed by atoms with Crippen molar-refractivity contribution in [3.8, 4) is 11.5 Å². The molecule has 0 saturated carbocycles. The SMILES string of the molecule is COc1ccc(C(=O)/C=C\c2cc3ccccc3[nH]c2=O)cc1OC. The zero-order chi connectivity index (χ0) is 17.8. The molecule has 126 valence electrons. The predicted octanol–water partition coefficient (Wildman–Crippen LogP) is 3.44. The number of ether oxygens (including phenoxy) is 2. The number of benzene rings is 2. The topological polar surface area (TPSA) is 68.4 Å². The van der Waals surface area contributed by atoms with Crippen LogP contribution in [0.3, 0.4) is 0 Å². The van der Waals surface area contributed by atoms with Crippen molar-refractivity contribution in [1.29, 1.82) is 0 Å². The third-order valence-electron chi connectivity index (χ3n) is 3.86. The van der Waals surface area contributed by atoms with Gasteiger partial charge in [0.1, 0.15) is 0 Å². The zero-order valence-corrected chi connectivity index (χ0v) is 13.9. The summed E-state index contributed by atoms with van der Waals surface area (Å²) in [4.78, 5) is 27.3. The Morgan fingerprint density at radius 1 is 1.00 bits per heavy atom. The highest BCUT2D eigenvalue weighted by Crippen LogP contribution is 2.27. The van der Waals surface area contributed by atoms with E-state index in [-0.39, 0.29) is 11.3 Å². The van der Waals surface area contributed by atoms with E-state index in [1.165, 1.54) is 26.4 Å². The van der Waals surface area contributed by atoms with Crippen molar-refractivity contribution < 1.29 is 14.3 Å². The lowest BCUT2D eigenvalue weighted by atomic mass is 10.1. The molecule has 0 aliphatic heterocycles. The van der Waals surface area contributed by atoms with Crippen LogP contribution in [0.4, 0.5) is 0 Å². The molecule has 0 bridgehead atoms. The maximum atomic E-state index is 12.4. The van der Waals surface area contributed by atoms with Crippen LogP contribution in [-0.4, -0.2) is 25.0 Å². The van der Waals surface area contributed by atoms with E-state index in [4.69, 9.17) is 9.47 Å². The first-order valence-corrected chi connectivity index (χ1v) is 7.69.